The van der Waals surface area contributed by atoms with Gasteiger partial charge in [0.1, 0.15) is 0 Å². The smallest absolute Gasteiger partial charge is 0.335 e. The van der Waals surface area contributed by atoms with Gasteiger partial charge in [0.2, 0.25) is 0 Å². The molecule has 0 aliphatic carbocycles. The summed E-state index contributed by atoms with van der Waals surface area (Å²) < 4.78 is 0. The Morgan fingerprint density at radius 3 is 1.93 bits per heavy atom. The minimum Gasteiger partial charge on any atom is -0.478 e. The Morgan fingerprint density at radius 2 is 1.67 bits per heavy atom. The van der Waals surface area contributed by atoms with E-state index in [0.717, 1.165) is 5.56 Å². The normalized spacial score (nSPS) is 8.67. The first-order valence-electron chi connectivity index (χ1n) is 4.33. The summed E-state index contributed by atoms with van der Waals surface area (Å²) in [7, 11) is 0. The second kappa shape index (κ2) is 7.73. The van der Waals surface area contributed by atoms with Crippen molar-refractivity contribution >= 4 is 12.0 Å². The lowest BCUT2D eigenvalue weighted by atomic mass is 10.1. The zero-order valence-corrected chi connectivity index (χ0v) is 8.26. The van der Waals surface area contributed by atoms with Crippen molar-refractivity contribution in [1.82, 2.24) is 0 Å². The zero-order valence-electron chi connectivity index (χ0n) is 8.26. The van der Waals surface area contributed by atoms with Crippen LogP contribution in [-0.2, 0) is 0 Å². The average molecular weight is 210 g/mol. The average Bonchev–Trinajstić information content (AvgIpc) is 2.29. The van der Waals surface area contributed by atoms with E-state index in [0.29, 0.717) is 5.56 Å². The minimum atomic E-state index is -0.902. The first-order chi connectivity index (χ1) is 7.15. The fourth-order valence-corrected chi connectivity index (χ4v) is 0.762. The van der Waals surface area contributed by atoms with E-state index < -0.39 is 5.97 Å². The second-order valence-electron chi connectivity index (χ2n) is 2.58. The summed E-state index contributed by atoms with van der Waals surface area (Å²) in [6, 6.07) is 6.55. The molecule has 15 heavy (non-hydrogen) atoms. The first kappa shape index (κ1) is 13.4. The molecule has 3 N–H and O–H groups in total. The first-order valence-corrected chi connectivity index (χ1v) is 4.33. The molecule has 1 aromatic carbocycles. The van der Waals surface area contributed by atoms with Gasteiger partial charge in [-0.05, 0) is 17.7 Å². The molecule has 0 aromatic heterocycles. The quantitative estimate of drug-likeness (QED) is 0.695. The highest BCUT2D eigenvalue weighted by Crippen LogP contribution is 2.04. The van der Waals surface area contributed by atoms with E-state index in [1.54, 1.807) is 30.3 Å². The predicted molar refractivity (Wildman–Crippen MR) is 57.7 cm³/mol. The van der Waals surface area contributed by atoms with Crippen LogP contribution in [0.2, 0.25) is 0 Å². The largest absolute Gasteiger partial charge is 0.478 e. The van der Waals surface area contributed by atoms with Crippen LogP contribution >= 0.6 is 0 Å². The van der Waals surface area contributed by atoms with E-state index >= 15 is 0 Å². The van der Waals surface area contributed by atoms with Crippen LogP contribution < -0.4 is 0 Å². The highest BCUT2D eigenvalue weighted by atomic mass is 16.4. The number of aliphatic hydroxyl groups is 2. The third-order valence-corrected chi connectivity index (χ3v) is 1.49. The maximum atomic E-state index is 10.4. The van der Waals surface area contributed by atoms with E-state index in [1.165, 1.54) is 0 Å². The topological polar surface area (TPSA) is 77.8 Å². The lowest BCUT2D eigenvalue weighted by Gasteiger charge is -1.93. The number of carbonyl (C=O) groups is 1. The number of benzene rings is 1. The van der Waals surface area contributed by atoms with Crippen LogP contribution in [0, 0.1) is 0 Å². The number of carboxylic acid groups (broad SMARTS) is 1. The van der Waals surface area contributed by atoms with Crippen molar-refractivity contribution in [2.75, 3.05) is 13.2 Å². The maximum absolute atomic E-state index is 10.4. The van der Waals surface area contributed by atoms with Crippen LogP contribution in [0.4, 0.5) is 0 Å². The van der Waals surface area contributed by atoms with Crippen molar-refractivity contribution in [3.05, 3.63) is 42.0 Å². The molecule has 82 valence electrons. The van der Waals surface area contributed by atoms with Gasteiger partial charge in [-0.1, -0.05) is 24.8 Å². The monoisotopic (exact) mass is 210 g/mol. The Bertz CT molecular complexity index is 301. The molecule has 0 heterocycles. The number of carboxylic acids is 1. The molecule has 0 atom stereocenters. The molecule has 0 amide bonds. The lowest BCUT2D eigenvalue weighted by molar-refractivity contribution is 0.0697. The molecule has 0 aliphatic rings. The molecule has 0 aliphatic heterocycles. The van der Waals surface area contributed by atoms with Gasteiger partial charge in [-0.3, -0.25) is 0 Å². The summed E-state index contributed by atoms with van der Waals surface area (Å²) in [6.45, 7) is 3.31. The van der Waals surface area contributed by atoms with Gasteiger partial charge in [0, 0.05) is 0 Å². The fourth-order valence-electron chi connectivity index (χ4n) is 0.762. The summed E-state index contributed by atoms with van der Waals surface area (Å²) in [5, 5.41) is 23.8. The van der Waals surface area contributed by atoms with Gasteiger partial charge in [-0.25, -0.2) is 4.79 Å². The maximum Gasteiger partial charge on any atom is 0.335 e. The van der Waals surface area contributed by atoms with Crippen LogP contribution in [0.3, 0.4) is 0 Å². The summed E-state index contributed by atoms with van der Waals surface area (Å²) in [4.78, 5) is 10.4. The number of hydrogen-bond acceptors (Lipinski definition) is 3. The van der Waals surface area contributed by atoms with Crippen molar-refractivity contribution in [3.63, 3.8) is 0 Å². The molecule has 0 spiro atoms. The SMILES string of the molecule is C=Cc1ccc(C(=O)O)cc1.OCCO. The number of hydrogen-bond donors (Lipinski definition) is 3. The van der Waals surface area contributed by atoms with Crippen molar-refractivity contribution in [2.24, 2.45) is 0 Å². The van der Waals surface area contributed by atoms with Crippen LogP contribution in [0.5, 0.6) is 0 Å². The van der Waals surface area contributed by atoms with Gasteiger partial charge in [-0.2, -0.15) is 0 Å². The van der Waals surface area contributed by atoms with E-state index in [1.807, 2.05) is 0 Å². The molecule has 4 nitrogen and oxygen atoms in total. The second-order valence-corrected chi connectivity index (χ2v) is 2.58. The van der Waals surface area contributed by atoms with Crippen molar-refractivity contribution in [3.8, 4) is 0 Å². The van der Waals surface area contributed by atoms with Gasteiger partial charge in [0.05, 0.1) is 18.8 Å². The summed E-state index contributed by atoms with van der Waals surface area (Å²) in [5.74, 6) is -0.902. The van der Waals surface area contributed by atoms with Crippen LogP contribution in [-0.4, -0.2) is 34.5 Å². The molecular formula is C11H14O4. The van der Waals surface area contributed by atoms with Crippen molar-refractivity contribution in [1.29, 1.82) is 0 Å². The van der Waals surface area contributed by atoms with E-state index in [4.69, 9.17) is 15.3 Å². The Kier molecular flexibility index (Phi) is 6.88. The third kappa shape index (κ3) is 5.61. The molecule has 4 heteroatoms. The van der Waals surface area contributed by atoms with Gasteiger partial charge < -0.3 is 15.3 Å². The van der Waals surface area contributed by atoms with Gasteiger partial charge in [0.25, 0.3) is 0 Å². The number of rotatable bonds is 3. The molecule has 0 unspecified atom stereocenters. The van der Waals surface area contributed by atoms with Crippen LogP contribution in [0.25, 0.3) is 6.08 Å². The molecule has 0 radical (unpaired) electrons. The molecule has 0 saturated heterocycles. The van der Waals surface area contributed by atoms with Gasteiger partial charge in [-0.15, -0.1) is 0 Å². The van der Waals surface area contributed by atoms with E-state index in [9.17, 15) is 4.79 Å². The molecule has 1 rings (SSSR count). The third-order valence-electron chi connectivity index (χ3n) is 1.49. The summed E-state index contributed by atoms with van der Waals surface area (Å²) in [5.41, 5.74) is 1.23. The van der Waals surface area contributed by atoms with E-state index in [2.05, 4.69) is 6.58 Å². The molecule has 0 saturated carbocycles. The summed E-state index contributed by atoms with van der Waals surface area (Å²) >= 11 is 0. The number of aliphatic hydroxyl groups excluding tert-OH is 2. The Labute approximate surface area is 88.1 Å². The zero-order chi connectivity index (χ0) is 11.7. The molecule has 1 aromatic rings. The Hall–Kier alpha value is -1.65. The lowest BCUT2D eigenvalue weighted by Crippen LogP contribution is -1.94. The standard InChI is InChI=1S/C9H8O2.C2H6O2/c1-2-7-3-5-8(6-4-7)9(10)11;3-1-2-4/h2-6H,1H2,(H,10,11);3-4H,1-2H2. The minimum absolute atomic E-state index is 0.125. The Morgan fingerprint density at radius 1 is 1.20 bits per heavy atom. The highest BCUT2D eigenvalue weighted by molar-refractivity contribution is 5.87. The summed E-state index contributed by atoms with van der Waals surface area (Å²) in [6.07, 6.45) is 1.67. The predicted octanol–water partition coefficient (Wildman–Crippen LogP) is 0.999. The highest BCUT2D eigenvalue weighted by Gasteiger charge is 1.99. The van der Waals surface area contributed by atoms with Crippen molar-refractivity contribution in [2.45, 2.75) is 0 Å². The number of aromatic carboxylic acids is 1. The van der Waals surface area contributed by atoms with E-state index in [-0.39, 0.29) is 13.2 Å². The van der Waals surface area contributed by atoms with Crippen LogP contribution in [0.1, 0.15) is 15.9 Å². The van der Waals surface area contributed by atoms with Crippen LogP contribution in [0.15, 0.2) is 30.8 Å². The molecular weight excluding hydrogens is 196 g/mol. The Balaban J connectivity index is 0.000000423. The fraction of sp³-hybridized carbons (Fsp3) is 0.182. The molecule has 0 fully saturated rings. The van der Waals surface area contributed by atoms with Gasteiger partial charge in [0.15, 0.2) is 0 Å². The van der Waals surface area contributed by atoms with Crippen molar-refractivity contribution < 1.29 is 20.1 Å². The van der Waals surface area contributed by atoms with Gasteiger partial charge >= 0.3 is 5.97 Å². The molecule has 0 bridgehead atoms.